The highest BCUT2D eigenvalue weighted by atomic mass is 32.2. The summed E-state index contributed by atoms with van der Waals surface area (Å²) in [6.07, 6.45) is 4.05. The molecule has 2 aromatic rings. The van der Waals surface area contributed by atoms with E-state index in [0.29, 0.717) is 19.5 Å². The molecule has 0 bridgehead atoms. The number of benzene rings is 1. The van der Waals surface area contributed by atoms with Crippen LogP contribution in [-0.4, -0.2) is 28.0 Å². The van der Waals surface area contributed by atoms with E-state index in [2.05, 4.69) is 22.5 Å². The van der Waals surface area contributed by atoms with Crippen molar-refractivity contribution >= 4 is 17.7 Å². The lowest BCUT2D eigenvalue weighted by Gasteiger charge is -2.05. The summed E-state index contributed by atoms with van der Waals surface area (Å²) in [5.74, 6) is 0.960. The highest BCUT2D eigenvalue weighted by molar-refractivity contribution is 7.99. The van der Waals surface area contributed by atoms with Crippen LogP contribution in [0.3, 0.4) is 0 Å². The first-order chi connectivity index (χ1) is 9.34. The third kappa shape index (κ3) is 5.18. The zero-order valence-corrected chi connectivity index (χ0v) is 11.5. The van der Waals surface area contributed by atoms with Gasteiger partial charge in [0.2, 0.25) is 5.91 Å². The molecule has 0 atom stereocenters. The van der Waals surface area contributed by atoms with Crippen molar-refractivity contribution in [3.05, 3.63) is 48.8 Å². The molecular weight excluding hydrogens is 258 g/mol. The van der Waals surface area contributed by atoms with Crippen LogP contribution in [0.2, 0.25) is 0 Å². The predicted octanol–water partition coefficient (Wildman–Crippen LogP) is 2.18. The Morgan fingerprint density at radius 2 is 2.11 bits per heavy atom. The van der Waals surface area contributed by atoms with Gasteiger partial charge in [0.05, 0.1) is 0 Å². The minimum absolute atomic E-state index is 0.0733. The molecule has 0 aliphatic heterocycles. The highest BCUT2D eigenvalue weighted by Crippen LogP contribution is 2.15. The van der Waals surface area contributed by atoms with Crippen LogP contribution in [0.25, 0.3) is 0 Å². The Hall–Kier alpha value is -1.75. The van der Waals surface area contributed by atoms with Gasteiger partial charge >= 0.3 is 0 Å². The zero-order valence-electron chi connectivity index (χ0n) is 10.7. The molecule has 1 N–H and O–H groups in total. The SMILES string of the molecule is O=C(CCn1cccn1)NCCSc1ccccc1. The van der Waals surface area contributed by atoms with Crippen molar-refractivity contribution in [3.8, 4) is 0 Å². The molecule has 19 heavy (non-hydrogen) atoms. The van der Waals surface area contributed by atoms with Crippen molar-refractivity contribution in [1.82, 2.24) is 15.1 Å². The molecule has 1 heterocycles. The number of aryl methyl sites for hydroxylation is 1. The van der Waals surface area contributed by atoms with Crippen LogP contribution >= 0.6 is 11.8 Å². The Kier molecular flexibility index (Phi) is 5.49. The van der Waals surface area contributed by atoms with Crippen molar-refractivity contribution in [3.63, 3.8) is 0 Å². The van der Waals surface area contributed by atoms with Gasteiger partial charge in [-0.2, -0.15) is 5.10 Å². The fourth-order valence-corrected chi connectivity index (χ4v) is 2.40. The Morgan fingerprint density at radius 1 is 1.26 bits per heavy atom. The van der Waals surface area contributed by atoms with Crippen molar-refractivity contribution in [2.75, 3.05) is 12.3 Å². The number of carbonyl (C=O) groups excluding carboxylic acids is 1. The number of aromatic nitrogens is 2. The number of nitrogens with zero attached hydrogens (tertiary/aromatic N) is 2. The monoisotopic (exact) mass is 275 g/mol. The smallest absolute Gasteiger partial charge is 0.221 e. The third-order valence-electron chi connectivity index (χ3n) is 2.56. The first-order valence-electron chi connectivity index (χ1n) is 6.26. The van der Waals surface area contributed by atoms with E-state index in [9.17, 15) is 4.79 Å². The van der Waals surface area contributed by atoms with Crippen LogP contribution in [0, 0.1) is 0 Å². The molecule has 1 amide bonds. The maximum atomic E-state index is 11.6. The van der Waals surface area contributed by atoms with Gasteiger partial charge in [-0.1, -0.05) is 18.2 Å². The number of rotatable bonds is 7. The predicted molar refractivity (Wildman–Crippen MR) is 77.0 cm³/mol. The second-order valence-electron chi connectivity index (χ2n) is 4.03. The second kappa shape index (κ2) is 7.63. The van der Waals surface area contributed by atoms with Gasteiger partial charge in [0, 0.05) is 42.6 Å². The van der Waals surface area contributed by atoms with Crippen LogP contribution in [0.15, 0.2) is 53.7 Å². The normalized spacial score (nSPS) is 10.3. The van der Waals surface area contributed by atoms with E-state index in [1.165, 1.54) is 4.90 Å². The quantitative estimate of drug-likeness (QED) is 0.622. The number of carbonyl (C=O) groups is 1. The molecule has 1 aromatic heterocycles. The molecule has 0 radical (unpaired) electrons. The van der Waals surface area contributed by atoms with Gasteiger partial charge in [0.1, 0.15) is 0 Å². The van der Waals surface area contributed by atoms with Crippen molar-refractivity contribution in [1.29, 1.82) is 0 Å². The fourth-order valence-electron chi connectivity index (χ4n) is 1.61. The largest absolute Gasteiger partial charge is 0.355 e. The van der Waals surface area contributed by atoms with E-state index in [4.69, 9.17) is 0 Å². The summed E-state index contributed by atoms with van der Waals surface area (Å²) in [6, 6.07) is 12.0. The van der Waals surface area contributed by atoms with Gasteiger partial charge in [-0.15, -0.1) is 11.8 Å². The summed E-state index contributed by atoms with van der Waals surface area (Å²) in [5.41, 5.74) is 0. The Balaban J connectivity index is 1.57. The minimum atomic E-state index is 0.0733. The first kappa shape index (κ1) is 13.7. The zero-order chi connectivity index (χ0) is 13.3. The van der Waals surface area contributed by atoms with Crippen LogP contribution in [0.1, 0.15) is 6.42 Å². The molecule has 0 saturated carbocycles. The first-order valence-corrected chi connectivity index (χ1v) is 7.25. The van der Waals surface area contributed by atoms with E-state index in [1.54, 1.807) is 22.6 Å². The molecule has 0 unspecified atom stereocenters. The Bertz CT molecular complexity index is 485. The summed E-state index contributed by atoms with van der Waals surface area (Å²) in [5, 5.41) is 6.97. The maximum absolute atomic E-state index is 11.6. The van der Waals surface area contributed by atoms with Crippen LogP contribution in [0.4, 0.5) is 0 Å². The van der Waals surface area contributed by atoms with E-state index in [-0.39, 0.29) is 5.91 Å². The molecule has 0 saturated heterocycles. The summed E-state index contributed by atoms with van der Waals surface area (Å²) in [6.45, 7) is 1.32. The highest BCUT2D eigenvalue weighted by Gasteiger charge is 2.01. The number of hydrogen-bond donors (Lipinski definition) is 1. The van der Waals surface area contributed by atoms with Gasteiger partial charge in [-0.3, -0.25) is 9.48 Å². The molecule has 2 rings (SSSR count). The van der Waals surface area contributed by atoms with E-state index in [1.807, 2.05) is 30.5 Å². The molecular formula is C14H17N3OS. The number of hydrogen-bond acceptors (Lipinski definition) is 3. The standard InChI is InChI=1S/C14H17N3OS/c18-14(7-11-17-10-4-8-16-17)15-9-12-19-13-5-2-1-3-6-13/h1-6,8,10H,7,9,11-12H2,(H,15,18). The van der Waals surface area contributed by atoms with Gasteiger partial charge in [0.15, 0.2) is 0 Å². The fraction of sp³-hybridized carbons (Fsp3) is 0.286. The van der Waals surface area contributed by atoms with Gasteiger partial charge in [-0.05, 0) is 18.2 Å². The van der Waals surface area contributed by atoms with Crippen LogP contribution < -0.4 is 5.32 Å². The van der Waals surface area contributed by atoms with Gasteiger partial charge in [0.25, 0.3) is 0 Å². The van der Waals surface area contributed by atoms with Gasteiger partial charge in [-0.25, -0.2) is 0 Å². The minimum Gasteiger partial charge on any atom is -0.355 e. The molecule has 0 fully saturated rings. The summed E-state index contributed by atoms with van der Waals surface area (Å²) in [4.78, 5) is 12.8. The lowest BCUT2D eigenvalue weighted by molar-refractivity contribution is -0.121. The second-order valence-corrected chi connectivity index (χ2v) is 5.20. The summed E-state index contributed by atoms with van der Waals surface area (Å²) < 4.78 is 1.76. The van der Waals surface area contributed by atoms with Crippen molar-refractivity contribution in [2.45, 2.75) is 17.9 Å². The van der Waals surface area contributed by atoms with Gasteiger partial charge < -0.3 is 5.32 Å². The molecule has 1 aromatic carbocycles. The molecule has 0 spiro atoms. The topological polar surface area (TPSA) is 46.9 Å². The van der Waals surface area contributed by atoms with Crippen LogP contribution in [-0.2, 0) is 11.3 Å². The van der Waals surface area contributed by atoms with Crippen LogP contribution in [0.5, 0.6) is 0 Å². The number of nitrogens with one attached hydrogen (secondary N) is 1. The lowest BCUT2D eigenvalue weighted by Crippen LogP contribution is -2.26. The average molecular weight is 275 g/mol. The maximum Gasteiger partial charge on any atom is 0.221 e. The Labute approximate surface area is 117 Å². The van der Waals surface area contributed by atoms with Crippen molar-refractivity contribution < 1.29 is 4.79 Å². The lowest BCUT2D eigenvalue weighted by atomic mass is 10.4. The summed E-state index contributed by atoms with van der Waals surface area (Å²) >= 11 is 1.75. The molecule has 4 nitrogen and oxygen atoms in total. The Morgan fingerprint density at radius 3 is 2.84 bits per heavy atom. The van der Waals surface area contributed by atoms with E-state index < -0.39 is 0 Å². The molecule has 100 valence electrons. The molecule has 0 aliphatic carbocycles. The van der Waals surface area contributed by atoms with E-state index >= 15 is 0 Å². The van der Waals surface area contributed by atoms with Crippen molar-refractivity contribution in [2.24, 2.45) is 0 Å². The number of amides is 1. The average Bonchev–Trinajstić information content (AvgIpc) is 2.96. The summed E-state index contributed by atoms with van der Waals surface area (Å²) in [7, 11) is 0. The molecule has 0 aliphatic rings. The molecule has 5 heteroatoms. The van der Waals surface area contributed by atoms with E-state index in [0.717, 1.165) is 5.75 Å². The number of thioether (sulfide) groups is 1. The third-order valence-corrected chi connectivity index (χ3v) is 3.58.